The van der Waals surface area contributed by atoms with Crippen LogP contribution in [-0.2, 0) is 0 Å². The zero-order valence-corrected chi connectivity index (χ0v) is 25.6. The first-order chi connectivity index (χ1) is 22.2. The number of pyridine rings is 2. The summed E-state index contributed by atoms with van der Waals surface area (Å²) in [5.41, 5.74) is 10.4. The zero-order chi connectivity index (χ0) is 30.6. The number of hydrogen-bond donors (Lipinski definition) is 2. The number of dihydropyridines is 1. The van der Waals surface area contributed by atoms with E-state index in [1.165, 1.54) is 25.7 Å². The highest BCUT2D eigenvalue weighted by molar-refractivity contribution is 6.53. The largest absolute Gasteiger partial charge is 0.474 e. The Morgan fingerprint density at radius 2 is 1.42 bits per heavy atom. The van der Waals surface area contributed by atoms with E-state index in [2.05, 4.69) is 25.2 Å². The molecule has 3 aliphatic rings. The summed E-state index contributed by atoms with van der Waals surface area (Å²) in [5.74, 6) is 1.76. The van der Waals surface area contributed by atoms with Gasteiger partial charge in [-0.05, 0) is 82.2 Å². The molecule has 2 saturated heterocycles. The SMILES string of the molecule is CN=C1C=C(N)C(=Nc2c(OCCN3CCCC3)nn3ccccc23)N=C1Nc1c(OCCN2CCCC2)nn2ccccc12. The second kappa shape index (κ2) is 13.1. The van der Waals surface area contributed by atoms with Gasteiger partial charge in [0.15, 0.2) is 17.4 Å². The number of nitrogens with zero attached hydrogens (tertiary/aromatic N) is 9. The number of nitrogens with one attached hydrogen (secondary N) is 1. The van der Waals surface area contributed by atoms with Crippen LogP contribution in [0.3, 0.4) is 0 Å². The molecule has 0 saturated carbocycles. The lowest BCUT2D eigenvalue weighted by molar-refractivity contribution is 0.232. The smallest absolute Gasteiger partial charge is 0.260 e. The van der Waals surface area contributed by atoms with Crippen LogP contribution in [0.25, 0.3) is 11.0 Å². The molecule has 0 bridgehead atoms. The average Bonchev–Trinajstić information content (AvgIpc) is 3.88. The van der Waals surface area contributed by atoms with E-state index >= 15 is 0 Å². The summed E-state index contributed by atoms with van der Waals surface area (Å²) in [6.07, 6.45) is 10.5. The molecule has 13 nitrogen and oxygen atoms in total. The van der Waals surface area contributed by atoms with Gasteiger partial charge in [-0.25, -0.2) is 19.0 Å². The first-order valence-corrected chi connectivity index (χ1v) is 15.7. The van der Waals surface area contributed by atoms with Crippen molar-refractivity contribution >= 4 is 39.8 Å². The van der Waals surface area contributed by atoms with E-state index in [0.29, 0.717) is 59.4 Å². The second-order valence-corrected chi connectivity index (χ2v) is 11.4. The van der Waals surface area contributed by atoms with Crippen molar-refractivity contribution in [3.8, 4) is 11.8 Å². The number of hydrogen-bond acceptors (Lipinski definition) is 10. The number of ether oxygens (including phenoxy) is 2. The van der Waals surface area contributed by atoms with E-state index in [0.717, 1.165) is 50.3 Å². The van der Waals surface area contributed by atoms with E-state index in [-0.39, 0.29) is 0 Å². The first-order valence-electron chi connectivity index (χ1n) is 15.7. The average molecular weight is 610 g/mol. The molecule has 3 aliphatic heterocycles. The summed E-state index contributed by atoms with van der Waals surface area (Å²) in [4.78, 5) is 19.1. The molecule has 0 unspecified atom stereocenters. The molecule has 4 aromatic rings. The van der Waals surface area contributed by atoms with E-state index in [4.69, 9.17) is 30.3 Å². The molecule has 0 radical (unpaired) electrons. The molecule has 0 aliphatic carbocycles. The van der Waals surface area contributed by atoms with Crippen LogP contribution in [0, 0.1) is 0 Å². The lowest BCUT2D eigenvalue weighted by Crippen LogP contribution is -2.30. The molecule has 2 fully saturated rings. The lowest BCUT2D eigenvalue weighted by Gasteiger charge is -2.17. The fraction of sp³-hybridized carbons (Fsp3) is 0.406. The van der Waals surface area contributed by atoms with E-state index < -0.39 is 0 Å². The predicted octanol–water partition coefficient (Wildman–Crippen LogP) is 3.40. The summed E-state index contributed by atoms with van der Waals surface area (Å²) in [6, 6.07) is 11.7. The molecule has 0 aromatic carbocycles. The van der Waals surface area contributed by atoms with E-state index in [1.807, 2.05) is 48.8 Å². The number of amidine groups is 2. The number of aromatic nitrogens is 4. The Balaban J connectivity index is 1.19. The minimum atomic E-state index is 0.334. The van der Waals surface area contributed by atoms with Crippen LogP contribution < -0.4 is 20.5 Å². The normalized spacial score (nSPS) is 19.6. The summed E-state index contributed by atoms with van der Waals surface area (Å²) >= 11 is 0. The minimum Gasteiger partial charge on any atom is -0.474 e. The van der Waals surface area contributed by atoms with Crippen LogP contribution in [-0.4, -0.2) is 106 Å². The molecule has 0 atom stereocenters. The van der Waals surface area contributed by atoms with E-state index in [1.54, 1.807) is 22.2 Å². The molecule has 3 N–H and O–H groups in total. The maximum atomic E-state index is 6.51. The second-order valence-electron chi connectivity index (χ2n) is 11.4. The highest BCUT2D eigenvalue weighted by atomic mass is 16.5. The summed E-state index contributed by atoms with van der Waals surface area (Å²) in [6.45, 7) is 7.19. The summed E-state index contributed by atoms with van der Waals surface area (Å²) in [5, 5.41) is 12.8. The highest BCUT2D eigenvalue weighted by Gasteiger charge is 2.24. The Labute approximate surface area is 261 Å². The number of rotatable bonds is 10. The van der Waals surface area contributed by atoms with Crippen molar-refractivity contribution in [3.05, 3.63) is 60.6 Å². The van der Waals surface area contributed by atoms with Crippen LogP contribution >= 0.6 is 0 Å². The molecule has 0 spiro atoms. The van der Waals surface area contributed by atoms with E-state index in [9.17, 15) is 0 Å². The van der Waals surface area contributed by atoms with Gasteiger partial charge in [0.1, 0.15) is 24.6 Å². The van der Waals surface area contributed by atoms with Gasteiger partial charge >= 0.3 is 0 Å². The molecular weight excluding hydrogens is 570 g/mol. The maximum Gasteiger partial charge on any atom is 0.260 e. The van der Waals surface area contributed by atoms with Crippen molar-refractivity contribution in [2.75, 3.05) is 64.8 Å². The molecule has 0 amide bonds. The van der Waals surface area contributed by atoms with Crippen molar-refractivity contribution in [3.63, 3.8) is 0 Å². The van der Waals surface area contributed by atoms with Crippen LogP contribution in [0.15, 0.2) is 75.5 Å². The third-order valence-electron chi connectivity index (χ3n) is 8.39. The van der Waals surface area contributed by atoms with Crippen LogP contribution in [0.4, 0.5) is 11.4 Å². The fourth-order valence-electron chi connectivity index (χ4n) is 6.00. The molecule has 4 aromatic heterocycles. The Morgan fingerprint density at radius 3 is 2.09 bits per heavy atom. The standard InChI is InChI=1S/C32H39N11O2/c1-34-24-22-23(33)29(35-27-25-10-2-4-16-42(25)38-31(27)44-20-18-40-12-6-7-13-40)37-30(24)36-28-26-11-3-5-17-43(26)39-32(28)45-21-19-41-14-8-9-15-41/h2-5,10-11,16-17,22H,6-9,12-15,18-21,33H2,1H3,(H,35,36,37). The maximum absolute atomic E-state index is 6.51. The van der Waals surface area contributed by atoms with Gasteiger partial charge in [0.25, 0.3) is 11.8 Å². The van der Waals surface area contributed by atoms with Crippen molar-refractivity contribution in [1.82, 2.24) is 29.0 Å². The Bertz CT molecular complexity index is 1790. The number of likely N-dealkylation sites (tertiary alicyclic amines) is 2. The van der Waals surface area contributed by atoms with Crippen LogP contribution in [0.2, 0.25) is 0 Å². The minimum absolute atomic E-state index is 0.334. The highest BCUT2D eigenvalue weighted by Crippen LogP contribution is 2.33. The molecular formula is C32H39N11O2. The summed E-state index contributed by atoms with van der Waals surface area (Å²) in [7, 11) is 1.71. The topological polar surface area (TPSA) is 135 Å². The molecule has 13 heteroatoms. The third-order valence-corrected chi connectivity index (χ3v) is 8.39. The number of nitrogens with two attached hydrogens (primary N) is 1. The van der Waals surface area contributed by atoms with Gasteiger partial charge < -0.3 is 20.5 Å². The van der Waals surface area contributed by atoms with Gasteiger partial charge in [0.2, 0.25) is 0 Å². The lowest BCUT2D eigenvalue weighted by atomic mass is 10.2. The molecule has 7 rings (SSSR count). The Morgan fingerprint density at radius 1 is 0.822 bits per heavy atom. The monoisotopic (exact) mass is 609 g/mol. The Hall–Kier alpha value is -4.75. The van der Waals surface area contributed by atoms with Crippen LogP contribution in [0.5, 0.6) is 11.8 Å². The fourth-order valence-corrected chi connectivity index (χ4v) is 6.00. The number of anilines is 1. The quantitative estimate of drug-likeness (QED) is 0.280. The van der Waals surface area contributed by atoms with Crippen molar-refractivity contribution < 1.29 is 9.47 Å². The van der Waals surface area contributed by atoms with Gasteiger partial charge in [0, 0.05) is 32.5 Å². The molecule has 7 heterocycles. The molecule has 234 valence electrons. The third kappa shape index (κ3) is 6.26. The zero-order valence-electron chi connectivity index (χ0n) is 25.6. The first kappa shape index (κ1) is 29.0. The van der Waals surface area contributed by atoms with Gasteiger partial charge in [0.05, 0.1) is 16.7 Å². The predicted molar refractivity (Wildman–Crippen MR) is 177 cm³/mol. The number of fused-ring (bicyclic) bond motifs is 2. The van der Waals surface area contributed by atoms with Crippen molar-refractivity contribution in [2.45, 2.75) is 25.7 Å². The molecule has 45 heavy (non-hydrogen) atoms. The van der Waals surface area contributed by atoms with Gasteiger partial charge in [-0.15, -0.1) is 10.2 Å². The van der Waals surface area contributed by atoms with Crippen molar-refractivity contribution in [2.24, 2.45) is 20.7 Å². The summed E-state index contributed by atoms with van der Waals surface area (Å²) < 4.78 is 16.0. The van der Waals surface area contributed by atoms with Crippen LogP contribution in [0.1, 0.15) is 25.7 Å². The van der Waals surface area contributed by atoms with Gasteiger partial charge in [-0.3, -0.25) is 14.8 Å². The van der Waals surface area contributed by atoms with Gasteiger partial charge in [-0.2, -0.15) is 0 Å². The van der Waals surface area contributed by atoms with Gasteiger partial charge in [-0.1, -0.05) is 12.1 Å². The van der Waals surface area contributed by atoms with Crippen molar-refractivity contribution in [1.29, 1.82) is 0 Å². The number of aliphatic imine (C=N–C) groups is 3. The Kier molecular flexibility index (Phi) is 8.43.